The van der Waals surface area contributed by atoms with E-state index in [2.05, 4.69) is 0 Å². The van der Waals surface area contributed by atoms with Gasteiger partial charge in [-0.1, -0.05) is 19.4 Å². The van der Waals surface area contributed by atoms with Crippen molar-refractivity contribution in [3.8, 4) is 0 Å². The second-order valence-electron chi connectivity index (χ2n) is 4.39. The highest BCUT2D eigenvalue weighted by Gasteiger charge is 2.34. The lowest BCUT2D eigenvalue weighted by Crippen LogP contribution is -2.31. The van der Waals surface area contributed by atoms with Crippen LogP contribution in [0.2, 0.25) is 0 Å². The minimum atomic E-state index is -0.922. The Balaban J connectivity index is 2.91. The summed E-state index contributed by atoms with van der Waals surface area (Å²) < 4.78 is 4.91. The van der Waals surface area contributed by atoms with E-state index in [1.165, 1.54) is 0 Å². The third-order valence-corrected chi connectivity index (χ3v) is 2.97. The summed E-state index contributed by atoms with van der Waals surface area (Å²) in [5, 5.41) is 8.88. The minimum absolute atomic E-state index is 0.228. The zero-order valence-corrected chi connectivity index (χ0v) is 9.78. The molecule has 1 aliphatic heterocycles. The molecule has 1 unspecified atom stereocenters. The summed E-state index contributed by atoms with van der Waals surface area (Å²) in [6.07, 6.45) is 4.51. The standard InChI is InChI=1S/C12H18O4/c1-3-4-12(7-9(2)11(14)15)5-6-16-10(13)8-12/h7H,3-6,8H2,1-2H3,(H,14,15). The number of carboxylic acid groups (broad SMARTS) is 1. The van der Waals surface area contributed by atoms with Crippen molar-refractivity contribution >= 4 is 11.9 Å². The van der Waals surface area contributed by atoms with E-state index in [0.717, 1.165) is 19.3 Å². The van der Waals surface area contributed by atoms with Crippen molar-refractivity contribution in [3.63, 3.8) is 0 Å². The molecule has 0 bridgehead atoms. The van der Waals surface area contributed by atoms with Crippen LogP contribution in [0, 0.1) is 5.41 Å². The van der Waals surface area contributed by atoms with Gasteiger partial charge in [0.1, 0.15) is 0 Å². The van der Waals surface area contributed by atoms with Gasteiger partial charge in [-0.2, -0.15) is 0 Å². The largest absolute Gasteiger partial charge is 0.478 e. The molecule has 1 N–H and O–H groups in total. The number of cyclic esters (lactones) is 1. The lowest BCUT2D eigenvalue weighted by atomic mass is 9.75. The Morgan fingerprint density at radius 1 is 1.62 bits per heavy atom. The molecule has 1 atom stereocenters. The van der Waals surface area contributed by atoms with Gasteiger partial charge in [-0.15, -0.1) is 0 Å². The quantitative estimate of drug-likeness (QED) is 0.589. The van der Waals surface area contributed by atoms with Gasteiger partial charge in [0.15, 0.2) is 0 Å². The van der Waals surface area contributed by atoms with Gasteiger partial charge in [-0.05, 0) is 19.8 Å². The Kier molecular flexibility index (Phi) is 4.10. The van der Waals surface area contributed by atoms with Crippen LogP contribution in [-0.2, 0) is 14.3 Å². The molecule has 4 nitrogen and oxygen atoms in total. The molecule has 0 aliphatic carbocycles. The first-order valence-corrected chi connectivity index (χ1v) is 5.57. The zero-order valence-electron chi connectivity index (χ0n) is 9.78. The van der Waals surface area contributed by atoms with E-state index in [9.17, 15) is 9.59 Å². The number of carboxylic acids is 1. The highest BCUT2D eigenvalue weighted by Crippen LogP contribution is 2.38. The molecule has 0 radical (unpaired) electrons. The van der Waals surface area contributed by atoms with Gasteiger partial charge in [-0.3, -0.25) is 4.79 Å². The molecule has 4 heteroatoms. The SMILES string of the molecule is CCCC1(C=C(C)C(=O)O)CCOC(=O)C1. The van der Waals surface area contributed by atoms with Gasteiger partial charge in [0.05, 0.1) is 13.0 Å². The second kappa shape index (κ2) is 5.14. The number of rotatable bonds is 4. The first-order chi connectivity index (χ1) is 7.49. The Morgan fingerprint density at radius 3 is 2.81 bits per heavy atom. The minimum Gasteiger partial charge on any atom is -0.478 e. The van der Waals surface area contributed by atoms with Crippen LogP contribution in [0.25, 0.3) is 0 Å². The van der Waals surface area contributed by atoms with E-state index < -0.39 is 5.97 Å². The fourth-order valence-electron chi connectivity index (χ4n) is 2.22. The number of esters is 1. The number of ether oxygens (including phenoxy) is 1. The Labute approximate surface area is 95.3 Å². The fraction of sp³-hybridized carbons (Fsp3) is 0.667. The van der Waals surface area contributed by atoms with E-state index in [1.807, 2.05) is 6.92 Å². The second-order valence-corrected chi connectivity index (χ2v) is 4.39. The summed E-state index contributed by atoms with van der Waals surface area (Å²) in [6.45, 7) is 3.99. The third kappa shape index (κ3) is 3.08. The molecule has 0 spiro atoms. The number of hydrogen-bond acceptors (Lipinski definition) is 3. The summed E-state index contributed by atoms with van der Waals surface area (Å²) >= 11 is 0. The molecule has 1 saturated heterocycles. The zero-order chi connectivity index (χ0) is 12.2. The average Bonchev–Trinajstić information content (AvgIpc) is 2.17. The Morgan fingerprint density at radius 2 is 2.31 bits per heavy atom. The molecular formula is C12H18O4. The van der Waals surface area contributed by atoms with Crippen molar-refractivity contribution in [2.75, 3.05) is 6.61 Å². The molecule has 1 fully saturated rings. The van der Waals surface area contributed by atoms with Gasteiger partial charge >= 0.3 is 11.9 Å². The monoisotopic (exact) mass is 226 g/mol. The van der Waals surface area contributed by atoms with Crippen molar-refractivity contribution in [1.82, 2.24) is 0 Å². The van der Waals surface area contributed by atoms with Crippen LogP contribution >= 0.6 is 0 Å². The maximum Gasteiger partial charge on any atom is 0.330 e. The van der Waals surface area contributed by atoms with Crippen molar-refractivity contribution < 1.29 is 19.4 Å². The summed E-state index contributed by atoms with van der Waals surface area (Å²) in [5.41, 5.74) is -0.00447. The number of aliphatic carboxylic acids is 1. The van der Waals surface area contributed by atoms with Crippen LogP contribution in [0.15, 0.2) is 11.6 Å². The van der Waals surface area contributed by atoms with Gasteiger partial charge in [0.2, 0.25) is 0 Å². The Hall–Kier alpha value is -1.32. The van der Waals surface area contributed by atoms with Crippen LogP contribution in [-0.4, -0.2) is 23.7 Å². The predicted octanol–water partition coefficient (Wildman–Crippen LogP) is 2.14. The van der Waals surface area contributed by atoms with E-state index in [4.69, 9.17) is 9.84 Å². The van der Waals surface area contributed by atoms with Crippen LogP contribution in [0.5, 0.6) is 0 Å². The molecule has 0 amide bonds. The van der Waals surface area contributed by atoms with Crippen LogP contribution in [0.3, 0.4) is 0 Å². The van der Waals surface area contributed by atoms with E-state index in [-0.39, 0.29) is 11.4 Å². The van der Waals surface area contributed by atoms with Crippen molar-refractivity contribution in [1.29, 1.82) is 0 Å². The summed E-state index contributed by atoms with van der Waals surface area (Å²) in [6, 6.07) is 0. The smallest absolute Gasteiger partial charge is 0.330 e. The number of carbonyl (C=O) groups excluding carboxylic acids is 1. The van der Waals surface area contributed by atoms with Crippen molar-refractivity contribution in [3.05, 3.63) is 11.6 Å². The molecule has 0 aromatic rings. The van der Waals surface area contributed by atoms with Crippen molar-refractivity contribution in [2.24, 2.45) is 5.41 Å². The highest BCUT2D eigenvalue weighted by molar-refractivity contribution is 5.86. The maximum absolute atomic E-state index is 11.3. The van der Waals surface area contributed by atoms with Crippen LogP contribution in [0.4, 0.5) is 0 Å². The fourth-order valence-corrected chi connectivity index (χ4v) is 2.22. The first kappa shape index (κ1) is 12.7. The van der Waals surface area contributed by atoms with Crippen LogP contribution in [0.1, 0.15) is 39.5 Å². The van der Waals surface area contributed by atoms with Gasteiger partial charge in [0, 0.05) is 11.0 Å². The molecule has 16 heavy (non-hydrogen) atoms. The van der Waals surface area contributed by atoms with E-state index in [1.54, 1.807) is 13.0 Å². The molecule has 0 saturated carbocycles. The van der Waals surface area contributed by atoms with Crippen LogP contribution < -0.4 is 0 Å². The molecule has 0 aromatic heterocycles. The summed E-state index contributed by atoms with van der Waals surface area (Å²) in [4.78, 5) is 22.1. The highest BCUT2D eigenvalue weighted by atomic mass is 16.5. The van der Waals surface area contributed by atoms with Gasteiger partial charge in [-0.25, -0.2) is 4.79 Å². The number of carbonyl (C=O) groups is 2. The molecule has 1 aliphatic rings. The molecule has 1 heterocycles. The molecule has 1 rings (SSSR count). The molecule has 90 valence electrons. The lowest BCUT2D eigenvalue weighted by Gasteiger charge is -2.33. The van der Waals surface area contributed by atoms with Gasteiger partial charge in [0.25, 0.3) is 0 Å². The number of allylic oxidation sites excluding steroid dienone is 1. The maximum atomic E-state index is 11.3. The van der Waals surface area contributed by atoms with Gasteiger partial charge < -0.3 is 9.84 Å². The normalized spacial score (nSPS) is 26.4. The molecular weight excluding hydrogens is 208 g/mol. The first-order valence-electron chi connectivity index (χ1n) is 5.57. The topological polar surface area (TPSA) is 63.6 Å². The average molecular weight is 226 g/mol. The van der Waals surface area contributed by atoms with E-state index in [0.29, 0.717) is 18.6 Å². The molecule has 0 aromatic carbocycles. The predicted molar refractivity (Wildman–Crippen MR) is 58.9 cm³/mol. The summed E-state index contributed by atoms with van der Waals surface area (Å²) in [7, 11) is 0. The number of hydrogen-bond donors (Lipinski definition) is 1. The third-order valence-electron chi connectivity index (χ3n) is 2.97. The summed E-state index contributed by atoms with van der Waals surface area (Å²) in [5.74, 6) is -1.15. The van der Waals surface area contributed by atoms with E-state index >= 15 is 0 Å². The van der Waals surface area contributed by atoms with Crippen molar-refractivity contribution in [2.45, 2.75) is 39.5 Å². The lowest BCUT2D eigenvalue weighted by molar-refractivity contribution is -0.152. The Bertz CT molecular complexity index is 315.